The maximum atomic E-state index is 2.37. The van der Waals surface area contributed by atoms with Gasteiger partial charge in [-0.3, -0.25) is 0 Å². The summed E-state index contributed by atoms with van der Waals surface area (Å²) < 4.78 is 0. The summed E-state index contributed by atoms with van der Waals surface area (Å²) in [6.45, 7) is 9.20. The zero-order chi connectivity index (χ0) is 8.43. The predicted molar refractivity (Wildman–Crippen MR) is 53.8 cm³/mol. The van der Waals surface area contributed by atoms with Crippen LogP contribution in [0.25, 0.3) is 0 Å². The summed E-state index contributed by atoms with van der Waals surface area (Å²) in [4.78, 5) is 0. The van der Waals surface area contributed by atoms with E-state index in [0.717, 1.165) is 17.1 Å². The highest BCUT2D eigenvalue weighted by molar-refractivity contribution is 8.03. The lowest BCUT2D eigenvalue weighted by molar-refractivity contribution is 0.585. The Morgan fingerprint density at radius 3 is 2.27 bits per heavy atom. The average Bonchev–Trinajstić information content (AvgIpc) is 2.33. The van der Waals surface area contributed by atoms with Crippen molar-refractivity contribution in [1.82, 2.24) is 0 Å². The van der Waals surface area contributed by atoms with Gasteiger partial charge in [0.1, 0.15) is 0 Å². The Balaban J connectivity index is 2.43. The number of hydrogen-bond acceptors (Lipinski definition) is 1. The summed E-state index contributed by atoms with van der Waals surface area (Å²) >= 11 is 2.02. The summed E-state index contributed by atoms with van der Waals surface area (Å²) in [6, 6.07) is 0. The molecule has 0 bridgehead atoms. The van der Waals surface area contributed by atoms with Gasteiger partial charge in [-0.25, -0.2) is 0 Å². The van der Waals surface area contributed by atoms with Gasteiger partial charge in [0.25, 0.3) is 0 Å². The predicted octanol–water partition coefficient (Wildman–Crippen LogP) is 3.69. The lowest BCUT2D eigenvalue weighted by Gasteiger charge is -2.14. The van der Waals surface area contributed by atoms with E-state index >= 15 is 0 Å². The minimum atomic E-state index is 0.756. The molecule has 0 aromatic rings. The largest absolute Gasteiger partial charge is 0.130 e. The maximum absolute atomic E-state index is 2.37. The second-order valence-corrected chi connectivity index (χ2v) is 5.08. The van der Waals surface area contributed by atoms with E-state index < -0.39 is 0 Å². The Morgan fingerprint density at radius 2 is 2.00 bits per heavy atom. The van der Waals surface area contributed by atoms with E-state index in [1.807, 2.05) is 11.8 Å². The van der Waals surface area contributed by atoms with Gasteiger partial charge in [-0.2, -0.15) is 0 Å². The summed E-state index contributed by atoms with van der Waals surface area (Å²) in [6.07, 6.45) is 1.32. The Kier molecular flexibility index (Phi) is 3.06. The minimum Gasteiger partial charge on any atom is -0.130 e. The fourth-order valence-electron chi connectivity index (χ4n) is 1.27. The van der Waals surface area contributed by atoms with Crippen LogP contribution in [0.2, 0.25) is 0 Å². The van der Waals surface area contributed by atoms with Crippen molar-refractivity contribution in [3.63, 3.8) is 0 Å². The van der Waals surface area contributed by atoms with Crippen LogP contribution in [-0.2, 0) is 0 Å². The van der Waals surface area contributed by atoms with Crippen molar-refractivity contribution >= 4 is 11.8 Å². The molecule has 0 aliphatic carbocycles. The van der Waals surface area contributed by atoms with Crippen LogP contribution in [0.15, 0.2) is 11.0 Å². The average molecular weight is 170 g/mol. The molecule has 1 atom stereocenters. The first-order valence-electron chi connectivity index (χ1n) is 4.45. The van der Waals surface area contributed by atoms with Crippen LogP contribution < -0.4 is 0 Å². The van der Waals surface area contributed by atoms with Gasteiger partial charge in [-0.15, -0.1) is 11.8 Å². The Morgan fingerprint density at radius 1 is 1.36 bits per heavy atom. The smallest absolute Gasteiger partial charge is 0.0149 e. The van der Waals surface area contributed by atoms with Gasteiger partial charge in [0, 0.05) is 5.25 Å². The van der Waals surface area contributed by atoms with Crippen LogP contribution in [0.4, 0.5) is 0 Å². The third-order valence-corrected chi connectivity index (χ3v) is 3.82. The third-order valence-electron chi connectivity index (χ3n) is 2.32. The number of hydrogen-bond donors (Lipinski definition) is 0. The van der Waals surface area contributed by atoms with E-state index in [1.165, 1.54) is 6.42 Å². The highest BCUT2D eigenvalue weighted by atomic mass is 32.2. The first-order chi connectivity index (χ1) is 5.11. The van der Waals surface area contributed by atoms with E-state index in [0.29, 0.717) is 0 Å². The molecule has 1 unspecified atom stereocenters. The van der Waals surface area contributed by atoms with Crippen molar-refractivity contribution in [2.24, 2.45) is 11.8 Å². The lowest BCUT2D eigenvalue weighted by Crippen LogP contribution is -2.08. The molecule has 64 valence electrons. The maximum Gasteiger partial charge on any atom is 0.0149 e. The zero-order valence-corrected chi connectivity index (χ0v) is 8.74. The van der Waals surface area contributed by atoms with E-state index in [-0.39, 0.29) is 0 Å². The van der Waals surface area contributed by atoms with Crippen molar-refractivity contribution in [2.75, 3.05) is 0 Å². The van der Waals surface area contributed by atoms with Crippen LogP contribution in [0.1, 0.15) is 34.1 Å². The first-order valence-corrected chi connectivity index (χ1v) is 5.40. The molecule has 0 spiro atoms. The summed E-state index contributed by atoms with van der Waals surface area (Å²) in [5.41, 5.74) is 1.65. The first kappa shape index (κ1) is 9.18. The monoisotopic (exact) mass is 170 g/mol. The molecule has 1 aliphatic rings. The third kappa shape index (κ3) is 2.26. The van der Waals surface area contributed by atoms with E-state index in [9.17, 15) is 0 Å². The zero-order valence-electron chi connectivity index (χ0n) is 7.92. The molecule has 1 rings (SSSR count). The van der Waals surface area contributed by atoms with Crippen molar-refractivity contribution < 1.29 is 0 Å². The molecule has 0 aromatic heterocycles. The van der Waals surface area contributed by atoms with Crippen molar-refractivity contribution in [1.29, 1.82) is 0 Å². The van der Waals surface area contributed by atoms with Gasteiger partial charge in [0.15, 0.2) is 0 Å². The normalized spacial score (nSPS) is 24.9. The standard InChI is InChI=1S/C10H18S/c1-7(2)9-5-10(8(3)4)11-6-9/h6-8,10H,5H2,1-4H3. The molecule has 0 fully saturated rings. The van der Waals surface area contributed by atoms with E-state index in [2.05, 4.69) is 33.1 Å². The summed E-state index contributed by atoms with van der Waals surface area (Å²) in [7, 11) is 0. The van der Waals surface area contributed by atoms with Crippen molar-refractivity contribution in [3.8, 4) is 0 Å². The fraction of sp³-hybridized carbons (Fsp3) is 0.800. The molecule has 1 aliphatic heterocycles. The van der Waals surface area contributed by atoms with Crippen LogP contribution in [0.3, 0.4) is 0 Å². The highest BCUT2D eigenvalue weighted by Crippen LogP contribution is 2.37. The van der Waals surface area contributed by atoms with Crippen LogP contribution >= 0.6 is 11.8 Å². The second-order valence-electron chi connectivity index (χ2n) is 3.97. The van der Waals surface area contributed by atoms with Crippen LogP contribution in [-0.4, -0.2) is 5.25 Å². The molecule has 0 radical (unpaired) electrons. The Labute approximate surface area is 74.5 Å². The molecule has 0 aromatic carbocycles. The second kappa shape index (κ2) is 3.66. The van der Waals surface area contributed by atoms with E-state index in [1.54, 1.807) is 5.57 Å². The molecule has 1 heterocycles. The number of rotatable bonds is 2. The molecule has 0 saturated heterocycles. The highest BCUT2D eigenvalue weighted by Gasteiger charge is 2.21. The molecule has 0 nitrogen and oxygen atoms in total. The molecule has 1 heteroatoms. The quantitative estimate of drug-likeness (QED) is 0.609. The van der Waals surface area contributed by atoms with Gasteiger partial charge < -0.3 is 0 Å². The molecule has 0 N–H and O–H groups in total. The topological polar surface area (TPSA) is 0 Å². The molecular weight excluding hydrogens is 152 g/mol. The molecular formula is C10H18S. The molecule has 11 heavy (non-hydrogen) atoms. The van der Waals surface area contributed by atoms with Gasteiger partial charge in [0.2, 0.25) is 0 Å². The number of thioether (sulfide) groups is 1. The van der Waals surface area contributed by atoms with Gasteiger partial charge >= 0.3 is 0 Å². The number of allylic oxidation sites excluding steroid dienone is 1. The van der Waals surface area contributed by atoms with Crippen molar-refractivity contribution in [2.45, 2.75) is 39.4 Å². The van der Waals surface area contributed by atoms with E-state index in [4.69, 9.17) is 0 Å². The molecule has 0 saturated carbocycles. The SMILES string of the molecule is CC(C)C1=CSC(C(C)C)C1. The van der Waals surface area contributed by atoms with Gasteiger partial charge in [-0.1, -0.05) is 33.3 Å². The minimum absolute atomic E-state index is 0.756. The summed E-state index contributed by atoms with van der Waals surface area (Å²) in [5.74, 6) is 1.58. The van der Waals surface area contributed by atoms with Crippen LogP contribution in [0.5, 0.6) is 0 Å². The van der Waals surface area contributed by atoms with Crippen LogP contribution in [0, 0.1) is 11.8 Å². The molecule has 0 amide bonds. The Hall–Kier alpha value is 0.0900. The van der Waals surface area contributed by atoms with Gasteiger partial charge in [-0.05, 0) is 23.7 Å². The lowest BCUT2D eigenvalue weighted by atomic mass is 9.96. The van der Waals surface area contributed by atoms with Crippen molar-refractivity contribution in [3.05, 3.63) is 11.0 Å². The van der Waals surface area contributed by atoms with Gasteiger partial charge in [0.05, 0.1) is 0 Å². The Bertz CT molecular complexity index is 156. The fourth-order valence-corrected chi connectivity index (χ4v) is 2.59. The summed E-state index contributed by atoms with van der Waals surface area (Å²) in [5, 5.41) is 3.22.